The van der Waals surface area contributed by atoms with Crippen LogP contribution in [0.5, 0.6) is 0 Å². The Morgan fingerprint density at radius 2 is 2.24 bits per heavy atom. The standard InChI is InChI=1S/C11H19N3O2S/c1-6-8(17-10(12)13-6)5-9(15)14-7(2)11(3,4)16/h7,16H,5H2,1-4H3,(H2,12,13)(H,14,15)/t7-/m0/s1. The number of anilines is 1. The van der Waals surface area contributed by atoms with Crippen LogP contribution in [0.15, 0.2) is 0 Å². The van der Waals surface area contributed by atoms with E-state index in [1.807, 2.05) is 6.92 Å². The molecule has 0 radical (unpaired) electrons. The number of carbonyl (C=O) groups is 1. The number of nitrogens with one attached hydrogen (secondary N) is 1. The van der Waals surface area contributed by atoms with Crippen LogP contribution in [-0.2, 0) is 11.2 Å². The van der Waals surface area contributed by atoms with E-state index >= 15 is 0 Å². The number of nitrogens with two attached hydrogens (primary N) is 1. The van der Waals surface area contributed by atoms with Crippen LogP contribution < -0.4 is 11.1 Å². The van der Waals surface area contributed by atoms with Gasteiger partial charge in [-0.2, -0.15) is 0 Å². The van der Waals surface area contributed by atoms with Gasteiger partial charge in [-0.15, -0.1) is 11.3 Å². The zero-order chi connectivity index (χ0) is 13.2. The molecule has 96 valence electrons. The molecule has 1 atom stereocenters. The van der Waals surface area contributed by atoms with Crippen LogP contribution in [-0.4, -0.2) is 27.6 Å². The van der Waals surface area contributed by atoms with Crippen LogP contribution in [0.4, 0.5) is 5.13 Å². The first-order chi connectivity index (χ1) is 7.70. The van der Waals surface area contributed by atoms with Gasteiger partial charge in [0.05, 0.1) is 23.8 Å². The topological polar surface area (TPSA) is 88.2 Å². The molecule has 0 aliphatic heterocycles. The van der Waals surface area contributed by atoms with E-state index in [2.05, 4.69) is 10.3 Å². The molecule has 17 heavy (non-hydrogen) atoms. The third-order valence-corrected chi connectivity index (χ3v) is 3.65. The van der Waals surface area contributed by atoms with Gasteiger partial charge >= 0.3 is 0 Å². The summed E-state index contributed by atoms with van der Waals surface area (Å²) in [5.74, 6) is -0.133. The number of hydrogen-bond donors (Lipinski definition) is 3. The van der Waals surface area contributed by atoms with E-state index in [4.69, 9.17) is 5.73 Å². The predicted molar refractivity (Wildman–Crippen MR) is 68.9 cm³/mol. The highest BCUT2D eigenvalue weighted by Gasteiger charge is 2.24. The van der Waals surface area contributed by atoms with Gasteiger partial charge in [0.15, 0.2) is 5.13 Å². The molecule has 0 saturated carbocycles. The molecular weight excluding hydrogens is 238 g/mol. The van der Waals surface area contributed by atoms with Gasteiger partial charge in [-0.3, -0.25) is 4.79 Å². The maximum Gasteiger partial charge on any atom is 0.225 e. The Hall–Kier alpha value is -1.14. The van der Waals surface area contributed by atoms with Gasteiger partial charge < -0.3 is 16.2 Å². The molecule has 6 heteroatoms. The highest BCUT2D eigenvalue weighted by molar-refractivity contribution is 7.15. The summed E-state index contributed by atoms with van der Waals surface area (Å²) < 4.78 is 0. The molecule has 4 N–H and O–H groups in total. The van der Waals surface area contributed by atoms with Crippen molar-refractivity contribution in [3.63, 3.8) is 0 Å². The molecule has 0 saturated heterocycles. The van der Waals surface area contributed by atoms with Crippen LogP contribution >= 0.6 is 11.3 Å². The number of aryl methyl sites for hydroxylation is 1. The number of aliphatic hydroxyl groups is 1. The van der Waals surface area contributed by atoms with Gasteiger partial charge in [0.25, 0.3) is 0 Å². The van der Waals surface area contributed by atoms with E-state index in [0.717, 1.165) is 10.6 Å². The quantitative estimate of drug-likeness (QED) is 0.746. The lowest BCUT2D eigenvalue weighted by Gasteiger charge is -2.26. The molecule has 0 aromatic carbocycles. The molecule has 1 amide bonds. The Morgan fingerprint density at radius 1 is 1.65 bits per heavy atom. The highest BCUT2D eigenvalue weighted by atomic mass is 32.1. The SMILES string of the molecule is Cc1nc(N)sc1CC(=O)N[C@@H](C)C(C)(C)O. The summed E-state index contributed by atoms with van der Waals surface area (Å²) in [6, 6.07) is -0.305. The summed E-state index contributed by atoms with van der Waals surface area (Å²) in [4.78, 5) is 16.7. The normalized spacial score (nSPS) is 13.5. The Kier molecular flexibility index (Phi) is 4.11. The molecule has 1 heterocycles. The maximum absolute atomic E-state index is 11.7. The molecule has 0 aliphatic carbocycles. The van der Waals surface area contributed by atoms with Crippen molar-refractivity contribution in [2.75, 3.05) is 5.73 Å². The lowest BCUT2D eigenvalue weighted by atomic mass is 10.0. The second-order valence-electron chi connectivity index (χ2n) is 4.68. The van der Waals surface area contributed by atoms with Crippen molar-refractivity contribution in [2.24, 2.45) is 0 Å². The van der Waals surface area contributed by atoms with Crippen LogP contribution in [0.2, 0.25) is 0 Å². The molecule has 0 spiro atoms. The van der Waals surface area contributed by atoms with Crippen molar-refractivity contribution < 1.29 is 9.90 Å². The van der Waals surface area contributed by atoms with Crippen molar-refractivity contribution in [1.29, 1.82) is 0 Å². The van der Waals surface area contributed by atoms with Crippen LogP contribution in [0.1, 0.15) is 31.3 Å². The highest BCUT2D eigenvalue weighted by Crippen LogP contribution is 2.20. The summed E-state index contributed by atoms with van der Waals surface area (Å²) in [6.45, 7) is 6.92. The summed E-state index contributed by atoms with van der Waals surface area (Å²) in [5.41, 5.74) is 5.42. The largest absolute Gasteiger partial charge is 0.388 e. The minimum absolute atomic E-state index is 0.133. The fourth-order valence-electron chi connectivity index (χ4n) is 1.23. The third kappa shape index (κ3) is 3.98. The fourth-order valence-corrected chi connectivity index (χ4v) is 2.06. The summed E-state index contributed by atoms with van der Waals surface area (Å²) in [7, 11) is 0. The van der Waals surface area contributed by atoms with E-state index in [1.165, 1.54) is 11.3 Å². The maximum atomic E-state index is 11.7. The Balaban J connectivity index is 2.59. The molecule has 0 aliphatic rings. The van der Waals surface area contributed by atoms with Gasteiger partial charge in [0, 0.05) is 4.88 Å². The van der Waals surface area contributed by atoms with Crippen molar-refractivity contribution >= 4 is 22.4 Å². The minimum Gasteiger partial charge on any atom is -0.388 e. The van der Waals surface area contributed by atoms with E-state index in [0.29, 0.717) is 5.13 Å². The number of thiazole rings is 1. The number of carbonyl (C=O) groups excluding carboxylic acids is 1. The second-order valence-corrected chi connectivity index (χ2v) is 5.80. The summed E-state index contributed by atoms with van der Waals surface area (Å²) in [6.07, 6.45) is 0.251. The zero-order valence-electron chi connectivity index (χ0n) is 10.6. The van der Waals surface area contributed by atoms with E-state index in [-0.39, 0.29) is 18.4 Å². The first-order valence-corrected chi connectivity index (χ1v) is 6.25. The molecule has 1 aromatic rings. The predicted octanol–water partition coefficient (Wildman–Crippen LogP) is 0.852. The monoisotopic (exact) mass is 257 g/mol. The molecule has 1 aromatic heterocycles. The van der Waals surface area contributed by atoms with Gasteiger partial charge in [0.1, 0.15) is 0 Å². The van der Waals surface area contributed by atoms with Crippen LogP contribution in [0, 0.1) is 6.92 Å². The lowest BCUT2D eigenvalue weighted by Crippen LogP contribution is -2.47. The van der Waals surface area contributed by atoms with Crippen molar-refractivity contribution in [1.82, 2.24) is 10.3 Å². The first kappa shape index (κ1) is 13.9. The smallest absolute Gasteiger partial charge is 0.225 e. The molecular formula is C11H19N3O2S. The summed E-state index contributed by atoms with van der Waals surface area (Å²) >= 11 is 1.32. The number of nitrogens with zero attached hydrogens (tertiary/aromatic N) is 1. The van der Waals surface area contributed by atoms with Crippen molar-refractivity contribution in [2.45, 2.75) is 45.8 Å². The van der Waals surface area contributed by atoms with Crippen molar-refractivity contribution in [3.05, 3.63) is 10.6 Å². The molecule has 0 unspecified atom stereocenters. The molecule has 5 nitrogen and oxygen atoms in total. The number of nitrogen functional groups attached to an aromatic ring is 1. The number of aromatic nitrogens is 1. The van der Waals surface area contributed by atoms with Gasteiger partial charge in [-0.05, 0) is 27.7 Å². The summed E-state index contributed by atoms with van der Waals surface area (Å²) in [5, 5.41) is 12.9. The van der Waals surface area contributed by atoms with Gasteiger partial charge in [-0.1, -0.05) is 0 Å². The van der Waals surface area contributed by atoms with E-state index in [9.17, 15) is 9.90 Å². The number of amides is 1. The minimum atomic E-state index is -0.933. The number of hydrogen-bond acceptors (Lipinski definition) is 5. The molecule has 0 bridgehead atoms. The van der Waals surface area contributed by atoms with E-state index < -0.39 is 5.60 Å². The van der Waals surface area contributed by atoms with Crippen molar-refractivity contribution in [3.8, 4) is 0 Å². The van der Waals surface area contributed by atoms with Gasteiger partial charge in [0.2, 0.25) is 5.91 Å². The van der Waals surface area contributed by atoms with E-state index in [1.54, 1.807) is 20.8 Å². The Morgan fingerprint density at radius 3 is 2.65 bits per heavy atom. The number of rotatable bonds is 4. The second kappa shape index (κ2) is 5.01. The van der Waals surface area contributed by atoms with Crippen LogP contribution in [0.3, 0.4) is 0 Å². The lowest BCUT2D eigenvalue weighted by molar-refractivity contribution is -0.122. The molecule has 1 rings (SSSR count). The Bertz CT molecular complexity index is 409. The average molecular weight is 257 g/mol. The van der Waals surface area contributed by atoms with Gasteiger partial charge in [-0.25, -0.2) is 4.98 Å². The Labute approximate surface area is 105 Å². The fraction of sp³-hybridized carbons (Fsp3) is 0.636. The van der Waals surface area contributed by atoms with Crippen LogP contribution in [0.25, 0.3) is 0 Å². The zero-order valence-corrected chi connectivity index (χ0v) is 11.4. The third-order valence-electron chi connectivity index (χ3n) is 2.67. The molecule has 0 fully saturated rings. The average Bonchev–Trinajstić information content (AvgIpc) is 2.43. The first-order valence-electron chi connectivity index (χ1n) is 5.43.